The predicted octanol–water partition coefficient (Wildman–Crippen LogP) is 0.935. The Bertz CT molecular complexity index is 852. The molecular formula is C21H26N2O8. The topological polar surface area (TPSA) is 128 Å². The standard InChI is InChI=1S/C21H26N2O8/c1-3-30-18(25)6-4-9-22-17(24)13-31-21(28)14-7-8-15-16(12-14)20(27)23(19(15)26)10-5-11-29-2/h7-8,12H,3-6,9-11,13H2,1-2H3,(H,22,24). The van der Waals surface area contributed by atoms with Crippen LogP contribution in [0.4, 0.5) is 0 Å². The van der Waals surface area contributed by atoms with Crippen LogP contribution in [0.15, 0.2) is 18.2 Å². The molecule has 1 aromatic rings. The molecule has 0 radical (unpaired) electrons. The molecule has 1 heterocycles. The summed E-state index contributed by atoms with van der Waals surface area (Å²) < 4.78 is 14.7. The van der Waals surface area contributed by atoms with Crippen LogP contribution in [-0.4, -0.2) is 74.6 Å². The molecule has 1 aliphatic rings. The molecule has 0 bridgehead atoms. The summed E-state index contributed by atoms with van der Waals surface area (Å²) in [5.74, 6) is -2.55. The summed E-state index contributed by atoms with van der Waals surface area (Å²) >= 11 is 0. The molecule has 2 rings (SSSR count). The molecule has 31 heavy (non-hydrogen) atoms. The summed E-state index contributed by atoms with van der Waals surface area (Å²) in [6, 6.07) is 4.08. The van der Waals surface area contributed by atoms with Gasteiger partial charge in [0.15, 0.2) is 6.61 Å². The zero-order chi connectivity index (χ0) is 22.8. The lowest BCUT2D eigenvalue weighted by molar-refractivity contribution is -0.143. The number of methoxy groups -OCH3 is 1. The lowest BCUT2D eigenvalue weighted by atomic mass is 10.1. The fraction of sp³-hybridized carbons (Fsp3) is 0.476. The Morgan fingerprint density at radius 1 is 1.03 bits per heavy atom. The fourth-order valence-corrected chi connectivity index (χ4v) is 2.95. The molecule has 1 aliphatic heterocycles. The van der Waals surface area contributed by atoms with Crippen LogP contribution in [0.25, 0.3) is 0 Å². The number of ether oxygens (including phenoxy) is 3. The van der Waals surface area contributed by atoms with Crippen molar-refractivity contribution in [1.82, 2.24) is 10.2 Å². The second-order valence-electron chi connectivity index (χ2n) is 6.70. The quantitative estimate of drug-likeness (QED) is 0.292. The van der Waals surface area contributed by atoms with E-state index in [9.17, 15) is 24.0 Å². The van der Waals surface area contributed by atoms with Crippen LogP contribution in [0.3, 0.4) is 0 Å². The van der Waals surface area contributed by atoms with E-state index in [0.717, 1.165) is 4.90 Å². The molecule has 1 N–H and O–H groups in total. The molecule has 0 unspecified atom stereocenters. The van der Waals surface area contributed by atoms with Gasteiger partial charge in [-0.25, -0.2) is 4.79 Å². The van der Waals surface area contributed by atoms with Gasteiger partial charge in [0, 0.05) is 33.2 Å². The van der Waals surface area contributed by atoms with Crippen molar-refractivity contribution in [1.29, 1.82) is 0 Å². The average molecular weight is 434 g/mol. The average Bonchev–Trinajstić information content (AvgIpc) is 2.99. The Morgan fingerprint density at radius 3 is 2.48 bits per heavy atom. The fourth-order valence-electron chi connectivity index (χ4n) is 2.95. The Hall–Kier alpha value is -3.27. The van der Waals surface area contributed by atoms with Gasteiger partial charge in [-0.2, -0.15) is 0 Å². The van der Waals surface area contributed by atoms with Gasteiger partial charge in [0.1, 0.15) is 0 Å². The summed E-state index contributed by atoms with van der Waals surface area (Å²) in [6.45, 7) is 2.37. The molecular weight excluding hydrogens is 408 g/mol. The molecule has 168 valence electrons. The number of esters is 2. The zero-order valence-corrected chi connectivity index (χ0v) is 17.6. The molecule has 10 heteroatoms. The highest BCUT2D eigenvalue weighted by Crippen LogP contribution is 2.24. The first-order valence-corrected chi connectivity index (χ1v) is 9.97. The second-order valence-corrected chi connectivity index (χ2v) is 6.70. The molecule has 3 amide bonds. The van der Waals surface area contributed by atoms with Crippen molar-refractivity contribution in [3.63, 3.8) is 0 Å². The van der Waals surface area contributed by atoms with Crippen molar-refractivity contribution in [2.75, 3.05) is 40.0 Å². The van der Waals surface area contributed by atoms with Crippen molar-refractivity contribution in [3.8, 4) is 0 Å². The molecule has 0 spiro atoms. The molecule has 0 atom stereocenters. The first kappa shape index (κ1) is 24.0. The molecule has 0 aromatic heterocycles. The van der Waals surface area contributed by atoms with Crippen LogP contribution in [0.5, 0.6) is 0 Å². The minimum Gasteiger partial charge on any atom is -0.466 e. The van der Waals surface area contributed by atoms with Crippen LogP contribution in [0.1, 0.15) is 57.3 Å². The zero-order valence-electron chi connectivity index (χ0n) is 17.6. The predicted molar refractivity (Wildman–Crippen MR) is 107 cm³/mol. The minimum atomic E-state index is -0.789. The van der Waals surface area contributed by atoms with E-state index in [0.29, 0.717) is 26.1 Å². The maximum absolute atomic E-state index is 12.5. The van der Waals surface area contributed by atoms with E-state index in [1.54, 1.807) is 6.92 Å². The Balaban J connectivity index is 1.84. The maximum Gasteiger partial charge on any atom is 0.338 e. The number of nitrogens with zero attached hydrogens (tertiary/aromatic N) is 1. The summed E-state index contributed by atoms with van der Waals surface area (Å²) in [5, 5.41) is 2.53. The van der Waals surface area contributed by atoms with Crippen molar-refractivity contribution >= 4 is 29.7 Å². The highest BCUT2D eigenvalue weighted by Gasteiger charge is 2.35. The number of rotatable bonds is 12. The third-order valence-electron chi connectivity index (χ3n) is 4.46. The number of hydrogen-bond donors (Lipinski definition) is 1. The van der Waals surface area contributed by atoms with Gasteiger partial charge in [-0.15, -0.1) is 0 Å². The molecule has 1 aromatic carbocycles. The minimum absolute atomic E-state index is 0.0637. The Kier molecular flexibility index (Phi) is 9.13. The molecule has 0 saturated carbocycles. The Labute approximate surface area is 179 Å². The molecule has 0 aliphatic carbocycles. The largest absolute Gasteiger partial charge is 0.466 e. The number of amides is 3. The highest BCUT2D eigenvalue weighted by molar-refractivity contribution is 6.22. The van der Waals surface area contributed by atoms with Gasteiger partial charge in [0.2, 0.25) is 0 Å². The van der Waals surface area contributed by atoms with Gasteiger partial charge in [-0.05, 0) is 38.0 Å². The molecule has 0 saturated heterocycles. The first-order chi connectivity index (χ1) is 14.9. The van der Waals surface area contributed by atoms with Gasteiger partial charge in [-0.1, -0.05) is 0 Å². The van der Waals surface area contributed by atoms with Crippen molar-refractivity contribution in [2.45, 2.75) is 26.2 Å². The first-order valence-electron chi connectivity index (χ1n) is 9.97. The van der Waals surface area contributed by atoms with Crippen molar-refractivity contribution in [2.24, 2.45) is 0 Å². The van der Waals surface area contributed by atoms with Crippen LogP contribution in [0, 0.1) is 0 Å². The molecule has 0 fully saturated rings. The van der Waals surface area contributed by atoms with Crippen molar-refractivity contribution < 1.29 is 38.2 Å². The van der Waals surface area contributed by atoms with E-state index in [1.807, 2.05) is 0 Å². The highest BCUT2D eigenvalue weighted by atomic mass is 16.5. The third kappa shape index (κ3) is 6.61. The maximum atomic E-state index is 12.5. The molecule has 10 nitrogen and oxygen atoms in total. The van der Waals surface area contributed by atoms with Crippen LogP contribution < -0.4 is 5.32 Å². The van der Waals surface area contributed by atoms with E-state index in [2.05, 4.69) is 5.32 Å². The van der Waals surface area contributed by atoms with E-state index in [1.165, 1.54) is 25.3 Å². The number of carbonyl (C=O) groups is 5. The summed E-state index contributed by atoms with van der Waals surface area (Å²) in [5.41, 5.74) is 0.410. The number of imide groups is 1. The van der Waals surface area contributed by atoms with Crippen LogP contribution in [-0.2, 0) is 23.8 Å². The number of nitrogens with one attached hydrogen (secondary N) is 1. The van der Waals surface area contributed by atoms with E-state index in [4.69, 9.17) is 14.2 Å². The van der Waals surface area contributed by atoms with E-state index in [-0.39, 0.29) is 42.2 Å². The number of fused-ring (bicyclic) bond motifs is 1. The number of carbonyl (C=O) groups excluding carboxylic acids is 5. The van der Waals surface area contributed by atoms with Crippen molar-refractivity contribution in [3.05, 3.63) is 34.9 Å². The van der Waals surface area contributed by atoms with E-state index >= 15 is 0 Å². The lowest BCUT2D eigenvalue weighted by Gasteiger charge is -2.12. The van der Waals surface area contributed by atoms with Gasteiger partial charge < -0.3 is 19.5 Å². The third-order valence-corrected chi connectivity index (χ3v) is 4.46. The van der Waals surface area contributed by atoms with Gasteiger partial charge in [-0.3, -0.25) is 24.1 Å². The SMILES string of the molecule is CCOC(=O)CCCNC(=O)COC(=O)c1ccc2c(c1)C(=O)N(CCCOC)C2=O. The van der Waals surface area contributed by atoms with Gasteiger partial charge in [0.25, 0.3) is 17.7 Å². The van der Waals surface area contributed by atoms with Crippen LogP contribution >= 0.6 is 0 Å². The smallest absolute Gasteiger partial charge is 0.338 e. The Morgan fingerprint density at radius 2 is 1.77 bits per heavy atom. The lowest BCUT2D eigenvalue weighted by Crippen LogP contribution is -2.31. The summed E-state index contributed by atoms with van der Waals surface area (Å²) in [7, 11) is 1.53. The van der Waals surface area contributed by atoms with Crippen LogP contribution in [0.2, 0.25) is 0 Å². The van der Waals surface area contributed by atoms with Gasteiger partial charge in [0.05, 0.1) is 23.3 Å². The second kappa shape index (κ2) is 11.8. The summed E-state index contributed by atoms with van der Waals surface area (Å²) in [6.07, 6.45) is 1.09. The van der Waals surface area contributed by atoms with Gasteiger partial charge >= 0.3 is 11.9 Å². The number of benzene rings is 1. The summed E-state index contributed by atoms with van der Waals surface area (Å²) in [4.78, 5) is 61.2. The van der Waals surface area contributed by atoms with E-state index < -0.39 is 30.3 Å². The monoisotopic (exact) mass is 434 g/mol. The normalized spacial score (nSPS) is 12.5. The number of hydrogen-bond acceptors (Lipinski definition) is 8.